The number of aromatic nitrogens is 5. The third-order valence-electron chi connectivity index (χ3n) is 5.21. The molecule has 4 rings (SSSR count). The fraction of sp³-hybridized carbons (Fsp3) is 0.391. The van der Waals surface area contributed by atoms with Crippen LogP contribution in [0.2, 0.25) is 0 Å². The summed E-state index contributed by atoms with van der Waals surface area (Å²) in [6, 6.07) is 3.62. The van der Waals surface area contributed by atoms with Crippen LogP contribution in [-0.4, -0.2) is 42.3 Å². The number of anilines is 2. The zero-order valence-electron chi connectivity index (χ0n) is 18.8. The van der Waals surface area contributed by atoms with E-state index in [2.05, 4.69) is 25.3 Å². The number of nitrogens with zero attached hydrogens (tertiary/aromatic N) is 6. The van der Waals surface area contributed by atoms with Crippen LogP contribution in [0.1, 0.15) is 58.9 Å². The van der Waals surface area contributed by atoms with Crippen LogP contribution in [0, 0.1) is 27.7 Å². The van der Waals surface area contributed by atoms with Gasteiger partial charge in [0.2, 0.25) is 11.9 Å². The Morgan fingerprint density at radius 3 is 2.50 bits per heavy atom. The van der Waals surface area contributed by atoms with Crippen LogP contribution >= 0.6 is 11.3 Å². The third kappa shape index (κ3) is 5.34. The first-order valence-electron chi connectivity index (χ1n) is 10.7. The Balaban J connectivity index is 1.57. The minimum atomic E-state index is -0.168. The number of nitrogens with one attached hydrogen (secondary N) is 1. The maximum absolute atomic E-state index is 13.0. The molecule has 3 aromatic heterocycles. The van der Waals surface area contributed by atoms with Crippen molar-refractivity contribution in [3.8, 4) is 0 Å². The molecule has 1 amide bonds. The minimum Gasteiger partial charge on any atom is -0.329 e. The summed E-state index contributed by atoms with van der Waals surface area (Å²) in [6.07, 6.45) is 6.21. The summed E-state index contributed by atoms with van der Waals surface area (Å²) in [5.74, 6) is 1.73. The molecule has 4 heterocycles. The van der Waals surface area contributed by atoms with Crippen LogP contribution < -0.4 is 5.32 Å². The van der Waals surface area contributed by atoms with Gasteiger partial charge in [0.25, 0.3) is 0 Å². The van der Waals surface area contributed by atoms with Crippen LogP contribution in [0.4, 0.5) is 11.8 Å². The van der Waals surface area contributed by atoms with Crippen molar-refractivity contribution < 1.29 is 4.79 Å². The van der Waals surface area contributed by atoms with Gasteiger partial charge < -0.3 is 10.2 Å². The molecule has 166 valence electrons. The lowest BCUT2D eigenvalue weighted by molar-refractivity contribution is -0.129. The number of aryl methyl sites for hydroxylation is 4. The van der Waals surface area contributed by atoms with Crippen molar-refractivity contribution in [1.29, 1.82) is 0 Å². The lowest BCUT2D eigenvalue weighted by Gasteiger charge is -2.34. The molecule has 1 unspecified atom stereocenters. The van der Waals surface area contributed by atoms with Crippen LogP contribution in [0.5, 0.6) is 0 Å². The number of amides is 1. The van der Waals surface area contributed by atoms with Crippen molar-refractivity contribution in [2.45, 2.75) is 53.0 Å². The molecule has 1 saturated heterocycles. The van der Waals surface area contributed by atoms with Crippen LogP contribution in [-0.2, 0) is 4.79 Å². The van der Waals surface area contributed by atoms with E-state index in [4.69, 9.17) is 4.98 Å². The number of thiazole rings is 1. The van der Waals surface area contributed by atoms with Crippen molar-refractivity contribution in [2.75, 3.05) is 11.9 Å². The highest BCUT2D eigenvalue weighted by Gasteiger charge is 2.29. The van der Waals surface area contributed by atoms with Crippen molar-refractivity contribution >= 4 is 35.1 Å². The van der Waals surface area contributed by atoms with Gasteiger partial charge in [0.15, 0.2) is 5.82 Å². The molecule has 1 aliphatic rings. The van der Waals surface area contributed by atoms with E-state index < -0.39 is 0 Å². The molecule has 0 bridgehead atoms. The van der Waals surface area contributed by atoms with Gasteiger partial charge in [0, 0.05) is 41.1 Å². The van der Waals surface area contributed by atoms with Crippen molar-refractivity contribution in [1.82, 2.24) is 29.8 Å². The number of carbonyl (C=O) groups is 1. The Morgan fingerprint density at radius 1 is 1.03 bits per heavy atom. The predicted octanol–water partition coefficient (Wildman–Crippen LogP) is 4.47. The third-order valence-corrected chi connectivity index (χ3v) is 6.00. The van der Waals surface area contributed by atoms with Crippen LogP contribution in [0.15, 0.2) is 23.6 Å². The van der Waals surface area contributed by atoms with Crippen molar-refractivity contribution in [2.24, 2.45) is 0 Å². The summed E-state index contributed by atoms with van der Waals surface area (Å²) in [7, 11) is 0. The number of hydrogen-bond acceptors (Lipinski definition) is 8. The van der Waals surface area contributed by atoms with Gasteiger partial charge in [-0.1, -0.05) is 0 Å². The molecule has 32 heavy (non-hydrogen) atoms. The van der Waals surface area contributed by atoms with E-state index in [1.807, 2.05) is 50.1 Å². The Labute approximate surface area is 191 Å². The number of rotatable bonds is 5. The SMILES string of the molecule is Cc1cc(C)nc(Nc2cc(C)nc(C3CCCCN3C(=O)C=Cc3csc(C)n3)n2)n1. The van der Waals surface area contributed by atoms with E-state index in [0.717, 1.165) is 47.0 Å². The monoisotopic (exact) mass is 449 g/mol. The van der Waals surface area contributed by atoms with Gasteiger partial charge in [-0.2, -0.15) is 0 Å². The lowest BCUT2D eigenvalue weighted by Crippen LogP contribution is -2.38. The molecular weight excluding hydrogens is 422 g/mol. The Bertz CT molecular complexity index is 1140. The van der Waals surface area contributed by atoms with E-state index in [0.29, 0.717) is 24.1 Å². The number of likely N-dealkylation sites (tertiary alicyclic amines) is 1. The number of hydrogen-bond donors (Lipinski definition) is 1. The number of carbonyl (C=O) groups excluding carboxylic acids is 1. The summed E-state index contributed by atoms with van der Waals surface area (Å²) in [5.41, 5.74) is 3.41. The quantitative estimate of drug-likeness (QED) is 0.574. The first kappa shape index (κ1) is 22.0. The van der Waals surface area contributed by atoms with Gasteiger partial charge in [0.1, 0.15) is 5.82 Å². The molecule has 0 spiro atoms. The highest BCUT2D eigenvalue weighted by Crippen LogP contribution is 2.30. The average Bonchev–Trinajstić information content (AvgIpc) is 3.16. The van der Waals surface area contributed by atoms with E-state index in [-0.39, 0.29) is 11.9 Å². The van der Waals surface area contributed by atoms with Gasteiger partial charge in [-0.25, -0.2) is 24.9 Å². The zero-order valence-corrected chi connectivity index (χ0v) is 19.6. The van der Waals surface area contributed by atoms with Crippen molar-refractivity contribution in [3.05, 3.63) is 57.2 Å². The summed E-state index contributed by atoms with van der Waals surface area (Å²) in [4.78, 5) is 37.6. The second-order valence-corrected chi connectivity index (χ2v) is 9.08. The summed E-state index contributed by atoms with van der Waals surface area (Å²) in [5, 5.41) is 6.13. The normalized spacial score (nSPS) is 16.5. The van der Waals surface area contributed by atoms with Crippen LogP contribution in [0.3, 0.4) is 0 Å². The molecular formula is C23H27N7OS. The van der Waals surface area contributed by atoms with Gasteiger partial charge in [0.05, 0.1) is 16.7 Å². The maximum Gasteiger partial charge on any atom is 0.247 e. The standard InChI is InChI=1S/C23H27N7OS/c1-14-11-15(2)26-23(25-14)29-20-12-16(3)24-22(28-20)19-7-5-6-10-30(19)21(31)9-8-18-13-32-17(4)27-18/h8-9,11-13,19H,5-7,10H2,1-4H3,(H,24,25,26,28,29). The first-order chi connectivity index (χ1) is 15.4. The molecule has 1 fully saturated rings. The van der Waals surface area contributed by atoms with E-state index in [1.165, 1.54) is 0 Å². The summed E-state index contributed by atoms with van der Waals surface area (Å²) < 4.78 is 0. The molecule has 1 aliphatic heterocycles. The topological polar surface area (TPSA) is 96.8 Å². The molecule has 1 N–H and O–H groups in total. The van der Waals surface area contributed by atoms with Crippen molar-refractivity contribution in [3.63, 3.8) is 0 Å². The van der Waals surface area contributed by atoms with E-state index >= 15 is 0 Å². The second-order valence-electron chi connectivity index (χ2n) is 8.02. The highest BCUT2D eigenvalue weighted by atomic mass is 32.1. The summed E-state index contributed by atoms with van der Waals surface area (Å²) >= 11 is 1.57. The maximum atomic E-state index is 13.0. The Hall–Kier alpha value is -3.20. The molecule has 0 aromatic carbocycles. The van der Waals surface area contributed by atoms with E-state index in [1.54, 1.807) is 23.5 Å². The predicted molar refractivity (Wildman–Crippen MR) is 126 cm³/mol. The first-order valence-corrected chi connectivity index (χ1v) is 11.6. The van der Waals surface area contributed by atoms with Gasteiger partial charge in [-0.05, 0) is 59.1 Å². The van der Waals surface area contributed by atoms with E-state index in [9.17, 15) is 4.79 Å². The van der Waals surface area contributed by atoms with Gasteiger partial charge in [-0.3, -0.25) is 4.79 Å². The molecule has 0 aliphatic carbocycles. The fourth-order valence-corrected chi connectivity index (χ4v) is 4.45. The van der Waals surface area contributed by atoms with Gasteiger partial charge >= 0.3 is 0 Å². The molecule has 0 saturated carbocycles. The minimum absolute atomic E-state index is 0.0439. The molecule has 3 aromatic rings. The molecule has 0 radical (unpaired) electrons. The molecule has 9 heteroatoms. The lowest BCUT2D eigenvalue weighted by atomic mass is 10.0. The summed E-state index contributed by atoms with van der Waals surface area (Å²) in [6.45, 7) is 8.43. The number of piperidine rings is 1. The highest BCUT2D eigenvalue weighted by molar-refractivity contribution is 7.09. The van der Waals surface area contributed by atoms with Gasteiger partial charge in [-0.15, -0.1) is 11.3 Å². The zero-order chi connectivity index (χ0) is 22.7. The Morgan fingerprint density at radius 2 is 1.78 bits per heavy atom. The largest absolute Gasteiger partial charge is 0.329 e. The molecule has 1 atom stereocenters. The molecule has 8 nitrogen and oxygen atoms in total. The second kappa shape index (κ2) is 9.52. The smallest absolute Gasteiger partial charge is 0.247 e. The van der Waals surface area contributed by atoms with Crippen LogP contribution in [0.25, 0.3) is 6.08 Å². The average molecular weight is 450 g/mol. The Kier molecular flexibility index (Phi) is 6.55. The fourth-order valence-electron chi connectivity index (χ4n) is 3.87.